The number of hydrogen-bond acceptors (Lipinski definition) is 1. The van der Waals surface area contributed by atoms with Crippen molar-refractivity contribution >= 4 is 53.1 Å². The third-order valence-corrected chi connectivity index (χ3v) is 3.36. The lowest BCUT2D eigenvalue weighted by molar-refractivity contribution is -0.132. The largest absolute Gasteiger partial charge is 0.390 e. The van der Waals surface area contributed by atoms with Gasteiger partial charge in [-0.15, -0.1) is 24.0 Å². The molecule has 3 nitrogen and oxygen atoms in total. The van der Waals surface area contributed by atoms with E-state index in [1.54, 1.807) is 18.2 Å². The Morgan fingerprint density at radius 3 is 2.18 bits per heavy atom. The van der Waals surface area contributed by atoms with Gasteiger partial charge in [0.05, 0.1) is 6.42 Å². The summed E-state index contributed by atoms with van der Waals surface area (Å²) in [6.07, 6.45) is -4.56. The van der Waals surface area contributed by atoms with Crippen LogP contribution in [0.5, 0.6) is 0 Å². The first-order valence-electron chi connectivity index (χ1n) is 6.27. The van der Waals surface area contributed by atoms with Crippen molar-refractivity contribution in [1.29, 1.82) is 0 Å². The van der Waals surface area contributed by atoms with E-state index in [0.717, 1.165) is 5.56 Å². The molecule has 126 valence electrons. The van der Waals surface area contributed by atoms with E-state index in [1.165, 1.54) is 7.05 Å². The number of benzene rings is 1. The van der Waals surface area contributed by atoms with Crippen molar-refractivity contribution in [3.8, 4) is 0 Å². The number of nitrogens with one attached hydrogen (secondary N) is 2. The molecule has 0 heterocycles. The van der Waals surface area contributed by atoms with Crippen LogP contribution in [0.15, 0.2) is 23.2 Å². The lowest BCUT2D eigenvalue weighted by Gasteiger charge is -2.13. The van der Waals surface area contributed by atoms with Crippen LogP contribution in [0.2, 0.25) is 10.0 Å². The van der Waals surface area contributed by atoms with E-state index in [9.17, 15) is 13.2 Å². The summed E-state index contributed by atoms with van der Waals surface area (Å²) in [5.41, 5.74) is 0.791. The number of halogens is 6. The van der Waals surface area contributed by atoms with Crippen LogP contribution in [0.4, 0.5) is 13.2 Å². The smallest absolute Gasteiger partial charge is 0.356 e. The fourth-order valence-corrected chi connectivity index (χ4v) is 2.21. The molecule has 0 amide bonds. The highest BCUT2D eigenvalue weighted by Crippen LogP contribution is 2.24. The number of nitrogens with zero attached hydrogens (tertiary/aromatic N) is 1. The Hall–Kier alpha value is -0.410. The van der Waals surface area contributed by atoms with Crippen LogP contribution in [-0.2, 0) is 6.42 Å². The monoisotopic (exact) mass is 469 g/mol. The minimum atomic E-state index is -4.18. The number of rotatable bonds is 5. The first-order valence-corrected chi connectivity index (χ1v) is 7.03. The second-order valence-electron chi connectivity index (χ2n) is 4.24. The van der Waals surface area contributed by atoms with Gasteiger partial charge in [0.15, 0.2) is 5.96 Å². The fraction of sp³-hybridized carbons (Fsp3) is 0.462. The van der Waals surface area contributed by atoms with E-state index in [1.807, 2.05) is 0 Å². The van der Waals surface area contributed by atoms with Crippen LogP contribution < -0.4 is 10.6 Å². The van der Waals surface area contributed by atoms with E-state index >= 15 is 0 Å². The lowest BCUT2D eigenvalue weighted by atomic mass is 10.1. The van der Waals surface area contributed by atoms with Gasteiger partial charge in [-0.05, 0) is 24.1 Å². The van der Waals surface area contributed by atoms with E-state index in [0.29, 0.717) is 29.0 Å². The lowest BCUT2D eigenvalue weighted by Crippen LogP contribution is -2.39. The van der Waals surface area contributed by atoms with Gasteiger partial charge in [-0.1, -0.05) is 29.3 Å². The number of aliphatic imine (C=N–C) groups is 1. The van der Waals surface area contributed by atoms with Gasteiger partial charge in [0.1, 0.15) is 0 Å². The Balaban J connectivity index is 0.00000441. The molecule has 0 radical (unpaired) electrons. The summed E-state index contributed by atoms with van der Waals surface area (Å²) >= 11 is 12.1. The number of alkyl halides is 3. The highest BCUT2D eigenvalue weighted by Gasteiger charge is 2.26. The molecule has 1 aromatic carbocycles. The average molecular weight is 470 g/mol. The maximum atomic E-state index is 12.0. The van der Waals surface area contributed by atoms with Crippen molar-refractivity contribution in [3.63, 3.8) is 0 Å². The van der Waals surface area contributed by atoms with Crippen molar-refractivity contribution in [1.82, 2.24) is 10.6 Å². The van der Waals surface area contributed by atoms with E-state index in [2.05, 4.69) is 15.6 Å². The van der Waals surface area contributed by atoms with Gasteiger partial charge in [0, 0.05) is 30.2 Å². The van der Waals surface area contributed by atoms with Crippen molar-refractivity contribution < 1.29 is 13.2 Å². The molecule has 0 saturated carbocycles. The molecule has 22 heavy (non-hydrogen) atoms. The van der Waals surface area contributed by atoms with Gasteiger partial charge >= 0.3 is 6.18 Å². The van der Waals surface area contributed by atoms with Crippen molar-refractivity contribution in [2.24, 2.45) is 4.99 Å². The highest BCUT2D eigenvalue weighted by molar-refractivity contribution is 14.0. The van der Waals surface area contributed by atoms with Crippen LogP contribution in [-0.4, -0.2) is 32.3 Å². The van der Waals surface area contributed by atoms with Crippen molar-refractivity contribution in [3.05, 3.63) is 33.8 Å². The Labute approximate surface area is 154 Å². The number of guanidine groups is 1. The Morgan fingerprint density at radius 2 is 1.68 bits per heavy atom. The first kappa shape index (κ1) is 21.6. The normalized spacial score (nSPS) is 11.8. The zero-order chi connectivity index (χ0) is 15.9. The summed E-state index contributed by atoms with van der Waals surface area (Å²) in [7, 11) is 1.49. The summed E-state index contributed by atoms with van der Waals surface area (Å²) in [6, 6.07) is 5.22. The first-order chi connectivity index (χ1) is 9.83. The zero-order valence-electron chi connectivity index (χ0n) is 11.8. The minimum absolute atomic E-state index is 0. The van der Waals surface area contributed by atoms with Crippen LogP contribution in [0.3, 0.4) is 0 Å². The molecule has 1 rings (SSSR count). The Morgan fingerprint density at radius 1 is 1.14 bits per heavy atom. The van der Waals surface area contributed by atoms with Gasteiger partial charge in [-0.3, -0.25) is 4.99 Å². The van der Waals surface area contributed by atoms with Crippen molar-refractivity contribution in [2.75, 3.05) is 20.1 Å². The quantitative estimate of drug-likeness (QED) is 0.384. The standard InChI is InChI=1S/C13H16Cl2F3N3.HI/c1-19-12(21-8-6-13(16,17)18)20-7-5-9-10(14)3-2-4-11(9)15;/h2-4H,5-8H2,1H3,(H2,19,20,21);1H. The molecule has 0 aromatic heterocycles. The molecular weight excluding hydrogens is 453 g/mol. The van der Waals surface area contributed by atoms with E-state index in [-0.39, 0.29) is 30.5 Å². The highest BCUT2D eigenvalue weighted by atomic mass is 127. The molecule has 0 aliphatic carbocycles. The molecule has 1 aromatic rings. The second-order valence-corrected chi connectivity index (χ2v) is 5.06. The third-order valence-electron chi connectivity index (χ3n) is 2.65. The van der Waals surface area contributed by atoms with Crippen LogP contribution in [0, 0.1) is 0 Å². The molecule has 0 spiro atoms. The zero-order valence-corrected chi connectivity index (χ0v) is 15.6. The minimum Gasteiger partial charge on any atom is -0.356 e. The maximum absolute atomic E-state index is 12.0. The van der Waals surface area contributed by atoms with Gasteiger partial charge in [0.25, 0.3) is 0 Å². The topological polar surface area (TPSA) is 36.4 Å². The molecule has 9 heteroatoms. The molecule has 0 bridgehead atoms. The predicted molar refractivity (Wildman–Crippen MR) is 95.6 cm³/mol. The third kappa shape index (κ3) is 8.28. The average Bonchev–Trinajstić information content (AvgIpc) is 2.38. The summed E-state index contributed by atoms with van der Waals surface area (Å²) < 4.78 is 36.1. The molecule has 0 fully saturated rings. The maximum Gasteiger partial charge on any atom is 0.390 e. The fourth-order valence-electron chi connectivity index (χ4n) is 1.62. The number of hydrogen-bond donors (Lipinski definition) is 2. The van der Waals surface area contributed by atoms with Gasteiger partial charge in [-0.2, -0.15) is 13.2 Å². The summed E-state index contributed by atoms with van der Waals surface area (Å²) in [5, 5.41) is 6.63. The van der Waals surface area contributed by atoms with Gasteiger partial charge < -0.3 is 10.6 Å². The molecule has 0 aliphatic rings. The summed E-state index contributed by atoms with van der Waals surface area (Å²) in [5.74, 6) is 0.308. The van der Waals surface area contributed by atoms with E-state index in [4.69, 9.17) is 23.2 Å². The predicted octanol–water partition coefficient (Wildman–Crippen LogP) is 4.27. The summed E-state index contributed by atoms with van der Waals surface area (Å²) in [6.45, 7) is 0.227. The molecular formula is C13H17Cl2F3IN3. The summed E-state index contributed by atoms with van der Waals surface area (Å²) in [4.78, 5) is 3.84. The van der Waals surface area contributed by atoms with Crippen molar-refractivity contribution in [2.45, 2.75) is 19.0 Å². The van der Waals surface area contributed by atoms with Crippen LogP contribution in [0.1, 0.15) is 12.0 Å². The molecule has 0 unspecified atom stereocenters. The van der Waals surface area contributed by atoms with Gasteiger partial charge in [0.2, 0.25) is 0 Å². The molecule has 0 saturated heterocycles. The van der Waals surface area contributed by atoms with E-state index < -0.39 is 12.6 Å². The van der Waals surface area contributed by atoms with Crippen LogP contribution in [0.25, 0.3) is 0 Å². The molecule has 0 atom stereocenters. The Bertz CT molecular complexity index is 476. The van der Waals surface area contributed by atoms with Gasteiger partial charge in [-0.25, -0.2) is 0 Å². The SMILES string of the molecule is CN=C(NCCc1c(Cl)cccc1Cl)NCCC(F)(F)F.I. The Kier molecular flexibility index (Phi) is 10.2. The molecule has 0 aliphatic heterocycles. The second kappa shape index (κ2) is 10.4. The molecule has 2 N–H and O–H groups in total. The van der Waals surface area contributed by atoms with Crippen LogP contribution >= 0.6 is 47.2 Å².